The second-order valence-corrected chi connectivity index (χ2v) is 4.24. The van der Waals surface area contributed by atoms with Crippen molar-refractivity contribution in [3.63, 3.8) is 0 Å². The van der Waals surface area contributed by atoms with Gasteiger partial charge in [0.1, 0.15) is 17.9 Å². The first-order valence-electron chi connectivity index (χ1n) is 6.05. The molecule has 1 aromatic heterocycles. The second-order valence-electron chi connectivity index (χ2n) is 4.24. The van der Waals surface area contributed by atoms with E-state index in [0.717, 1.165) is 10.9 Å². The molecular weight excluding hydrogens is 240 g/mol. The van der Waals surface area contributed by atoms with Gasteiger partial charge < -0.3 is 4.74 Å². The number of nitrogens with zero attached hydrogens (tertiary/aromatic N) is 1. The van der Waals surface area contributed by atoms with Crippen LogP contribution in [0.4, 0.5) is 4.39 Å². The summed E-state index contributed by atoms with van der Waals surface area (Å²) < 4.78 is 18.9. The molecule has 0 unspecified atom stereocenters. The van der Waals surface area contributed by atoms with E-state index in [2.05, 4.69) is 4.98 Å². The van der Waals surface area contributed by atoms with E-state index in [1.807, 2.05) is 42.5 Å². The third-order valence-electron chi connectivity index (χ3n) is 2.89. The van der Waals surface area contributed by atoms with Crippen molar-refractivity contribution in [2.45, 2.75) is 6.61 Å². The van der Waals surface area contributed by atoms with Gasteiger partial charge in [0, 0.05) is 5.39 Å². The molecule has 0 atom stereocenters. The van der Waals surface area contributed by atoms with Crippen LogP contribution in [0, 0.1) is 5.95 Å². The Morgan fingerprint density at radius 1 is 0.895 bits per heavy atom. The Morgan fingerprint density at radius 3 is 2.58 bits per heavy atom. The van der Waals surface area contributed by atoms with Crippen molar-refractivity contribution in [3.05, 3.63) is 72.2 Å². The first-order valence-corrected chi connectivity index (χ1v) is 6.05. The Hall–Kier alpha value is -2.42. The number of ether oxygens (including phenoxy) is 1. The van der Waals surface area contributed by atoms with Gasteiger partial charge >= 0.3 is 0 Å². The largest absolute Gasteiger partial charge is 0.487 e. The number of rotatable bonds is 3. The maximum absolute atomic E-state index is 13.2. The van der Waals surface area contributed by atoms with Crippen LogP contribution < -0.4 is 4.74 Å². The SMILES string of the molecule is [18F]c1ccc2cccc(OCc3ccccc3)c2n1. The zero-order chi connectivity index (χ0) is 13.1. The molecule has 1 heterocycles. The average Bonchev–Trinajstić information content (AvgIpc) is 2.46. The lowest BCUT2D eigenvalue weighted by Gasteiger charge is -2.08. The quantitative estimate of drug-likeness (QED) is 0.658. The van der Waals surface area contributed by atoms with Crippen molar-refractivity contribution in [2.24, 2.45) is 0 Å². The van der Waals surface area contributed by atoms with Crippen molar-refractivity contribution < 1.29 is 9.13 Å². The molecule has 0 radical (unpaired) electrons. The highest BCUT2D eigenvalue weighted by Crippen LogP contribution is 2.24. The van der Waals surface area contributed by atoms with Crippen LogP contribution in [0.5, 0.6) is 5.75 Å². The van der Waals surface area contributed by atoms with Crippen molar-refractivity contribution >= 4 is 10.9 Å². The number of para-hydroxylation sites is 1. The molecule has 2 aromatic carbocycles. The lowest BCUT2D eigenvalue weighted by atomic mass is 10.2. The highest BCUT2D eigenvalue weighted by Gasteiger charge is 2.05. The number of hydrogen-bond acceptors (Lipinski definition) is 2. The fourth-order valence-electron chi connectivity index (χ4n) is 1.95. The van der Waals surface area contributed by atoms with Crippen molar-refractivity contribution in [1.82, 2.24) is 4.98 Å². The summed E-state index contributed by atoms with van der Waals surface area (Å²) in [6.07, 6.45) is 0. The summed E-state index contributed by atoms with van der Waals surface area (Å²) in [5.41, 5.74) is 1.62. The summed E-state index contributed by atoms with van der Waals surface area (Å²) in [5, 5.41) is 0.868. The molecule has 0 N–H and O–H groups in total. The number of benzene rings is 2. The van der Waals surface area contributed by atoms with Gasteiger partial charge in [0.15, 0.2) is 0 Å². The smallest absolute Gasteiger partial charge is 0.213 e. The van der Waals surface area contributed by atoms with Gasteiger partial charge in [-0.15, -0.1) is 0 Å². The first-order chi connectivity index (χ1) is 9.33. The molecular formula is C16H12FNO. The Kier molecular flexibility index (Phi) is 3.11. The standard InChI is InChI=1S/C16H12FNO/c17-15-10-9-13-7-4-8-14(16(13)18-15)19-11-12-5-2-1-3-6-12/h1-10H,11H2/i17-1. The van der Waals surface area contributed by atoms with Gasteiger partial charge in [-0.25, -0.2) is 4.98 Å². The Balaban J connectivity index is 1.90. The van der Waals surface area contributed by atoms with Gasteiger partial charge in [0.2, 0.25) is 5.95 Å². The Bertz CT molecular complexity index is 697. The van der Waals surface area contributed by atoms with Crippen LogP contribution in [0.1, 0.15) is 5.56 Å². The molecule has 3 rings (SSSR count). The molecule has 0 bridgehead atoms. The topological polar surface area (TPSA) is 22.1 Å². The molecule has 0 saturated carbocycles. The number of fused-ring (bicyclic) bond motifs is 1. The molecule has 0 saturated heterocycles. The molecule has 2 nitrogen and oxygen atoms in total. The normalized spacial score (nSPS) is 10.6. The highest BCUT2D eigenvalue weighted by atomic mass is 18.2. The predicted octanol–water partition coefficient (Wildman–Crippen LogP) is 3.95. The number of halogens is 1. The van der Waals surface area contributed by atoms with E-state index in [4.69, 9.17) is 4.74 Å². The van der Waals surface area contributed by atoms with Crippen LogP contribution in [0.3, 0.4) is 0 Å². The number of pyridine rings is 1. The Morgan fingerprint density at radius 2 is 1.74 bits per heavy atom. The van der Waals surface area contributed by atoms with Crippen LogP contribution in [0.15, 0.2) is 60.7 Å². The molecule has 3 aromatic rings. The first kappa shape index (κ1) is 11.7. The summed E-state index contributed by atoms with van der Waals surface area (Å²) in [5.74, 6) is 0.101. The van der Waals surface area contributed by atoms with Gasteiger partial charge in [-0.2, -0.15) is 4.39 Å². The third-order valence-corrected chi connectivity index (χ3v) is 2.89. The lowest BCUT2D eigenvalue weighted by Crippen LogP contribution is -1.97. The van der Waals surface area contributed by atoms with Crippen LogP contribution in [0.2, 0.25) is 0 Å². The molecule has 0 fully saturated rings. The van der Waals surface area contributed by atoms with Gasteiger partial charge in [0.05, 0.1) is 0 Å². The summed E-state index contributed by atoms with van der Waals surface area (Å²) >= 11 is 0. The summed E-state index contributed by atoms with van der Waals surface area (Å²) in [6, 6.07) is 18.5. The molecule has 0 aliphatic carbocycles. The van der Waals surface area contributed by atoms with Crippen LogP contribution in [-0.4, -0.2) is 4.98 Å². The van der Waals surface area contributed by atoms with E-state index in [1.165, 1.54) is 6.07 Å². The van der Waals surface area contributed by atoms with Crippen molar-refractivity contribution in [1.29, 1.82) is 0 Å². The molecule has 19 heavy (non-hydrogen) atoms. The molecule has 94 valence electrons. The van der Waals surface area contributed by atoms with Crippen molar-refractivity contribution in [2.75, 3.05) is 0 Å². The minimum atomic E-state index is -0.497. The van der Waals surface area contributed by atoms with Gasteiger partial charge in [-0.3, -0.25) is 0 Å². The maximum atomic E-state index is 13.2. The van der Waals surface area contributed by atoms with Gasteiger partial charge in [0.25, 0.3) is 0 Å². The van der Waals surface area contributed by atoms with E-state index in [9.17, 15) is 4.39 Å². The van der Waals surface area contributed by atoms with E-state index in [-0.39, 0.29) is 0 Å². The average molecular weight is 252 g/mol. The summed E-state index contributed by atoms with van der Waals surface area (Å²) in [7, 11) is 0. The van der Waals surface area contributed by atoms with Crippen LogP contribution in [0.25, 0.3) is 10.9 Å². The third kappa shape index (κ3) is 2.55. The van der Waals surface area contributed by atoms with Crippen molar-refractivity contribution in [3.8, 4) is 5.75 Å². The summed E-state index contributed by atoms with van der Waals surface area (Å²) in [6.45, 7) is 0.443. The molecule has 0 aliphatic rings. The number of aromatic nitrogens is 1. The Labute approximate surface area is 110 Å². The zero-order valence-corrected chi connectivity index (χ0v) is 10.2. The van der Waals surface area contributed by atoms with Crippen LogP contribution >= 0.6 is 0 Å². The minimum absolute atomic E-state index is 0.443. The van der Waals surface area contributed by atoms with E-state index in [0.29, 0.717) is 17.9 Å². The molecule has 0 aliphatic heterocycles. The fourth-order valence-corrected chi connectivity index (χ4v) is 1.95. The molecule has 0 spiro atoms. The minimum Gasteiger partial charge on any atom is -0.487 e. The monoisotopic (exact) mass is 252 g/mol. The van der Waals surface area contributed by atoms with E-state index in [1.54, 1.807) is 12.1 Å². The predicted molar refractivity (Wildman–Crippen MR) is 72.5 cm³/mol. The summed E-state index contributed by atoms with van der Waals surface area (Å²) in [4.78, 5) is 3.90. The van der Waals surface area contributed by atoms with Gasteiger partial charge in [-0.1, -0.05) is 42.5 Å². The number of hydrogen-bond donors (Lipinski definition) is 0. The maximum Gasteiger partial charge on any atom is 0.213 e. The van der Waals surface area contributed by atoms with E-state index < -0.39 is 5.95 Å². The fraction of sp³-hybridized carbons (Fsp3) is 0.0625. The van der Waals surface area contributed by atoms with Gasteiger partial charge in [-0.05, 0) is 23.8 Å². The van der Waals surface area contributed by atoms with E-state index >= 15 is 0 Å². The lowest BCUT2D eigenvalue weighted by molar-refractivity contribution is 0.309. The molecule has 3 heteroatoms. The second kappa shape index (κ2) is 5.06. The highest BCUT2D eigenvalue weighted by molar-refractivity contribution is 5.84. The molecule has 0 amide bonds. The zero-order valence-electron chi connectivity index (χ0n) is 10.2. The van der Waals surface area contributed by atoms with Crippen LogP contribution in [-0.2, 0) is 6.61 Å².